The highest BCUT2D eigenvalue weighted by Gasteiger charge is 2.19. The summed E-state index contributed by atoms with van der Waals surface area (Å²) in [6, 6.07) is 4.33. The van der Waals surface area contributed by atoms with Gasteiger partial charge in [-0.25, -0.2) is 8.78 Å². The molecule has 2 aromatic rings. The van der Waals surface area contributed by atoms with E-state index in [-0.39, 0.29) is 23.7 Å². The Bertz CT molecular complexity index is 649. The molecule has 2 aromatic carbocycles. The number of aldehydes is 2. The van der Waals surface area contributed by atoms with Gasteiger partial charge in [0.15, 0.2) is 35.7 Å². The zero-order valence-electron chi connectivity index (χ0n) is 9.93. The van der Waals surface area contributed by atoms with E-state index < -0.39 is 34.3 Å². The lowest BCUT2D eigenvalue weighted by Gasteiger charge is -2.11. The fraction of sp³-hybridized carbons (Fsp3) is 0. The van der Waals surface area contributed by atoms with E-state index in [1.807, 2.05) is 0 Å². The molecule has 0 atom stereocenters. The molecule has 2 N–H and O–H groups in total. The molecule has 0 unspecified atom stereocenters. The molecule has 0 heterocycles. The predicted octanol–water partition coefficient (Wildman–Crippen LogP) is 2.67. The van der Waals surface area contributed by atoms with Gasteiger partial charge in [-0.3, -0.25) is 9.59 Å². The van der Waals surface area contributed by atoms with Crippen LogP contribution in [-0.4, -0.2) is 22.8 Å². The molecule has 0 spiro atoms. The number of aromatic hydroxyl groups is 2. The molecule has 0 aliphatic carbocycles. The predicted molar refractivity (Wildman–Crippen MR) is 65.9 cm³/mol. The number of carbonyl (C=O) groups is 2. The summed E-state index contributed by atoms with van der Waals surface area (Å²) < 4.78 is 27.3. The minimum absolute atomic E-state index is 0.0590. The first-order valence-electron chi connectivity index (χ1n) is 5.45. The Morgan fingerprint density at radius 1 is 0.750 bits per heavy atom. The van der Waals surface area contributed by atoms with Gasteiger partial charge in [0.1, 0.15) is 0 Å². The van der Waals surface area contributed by atoms with Gasteiger partial charge in [-0.2, -0.15) is 0 Å². The quantitative estimate of drug-likeness (QED) is 0.846. The molecule has 2 rings (SSSR count). The molecule has 0 radical (unpaired) electrons. The maximum absolute atomic E-state index is 13.7. The molecule has 0 aliphatic rings. The Morgan fingerprint density at radius 3 is 1.40 bits per heavy atom. The van der Waals surface area contributed by atoms with Gasteiger partial charge in [-0.05, 0) is 35.4 Å². The summed E-state index contributed by atoms with van der Waals surface area (Å²) in [6.07, 6.45) is 0.313. The molecule has 0 fully saturated rings. The Hall–Kier alpha value is -2.76. The summed E-state index contributed by atoms with van der Waals surface area (Å²) in [4.78, 5) is 21.9. The molecular formula is C14H8F2O4. The highest BCUT2D eigenvalue weighted by Crippen LogP contribution is 2.34. The van der Waals surface area contributed by atoms with Crippen molar-refractivity contribution in [3.63, 3.8) is 0 Å². The van der Waals surface area contributed by atoms with Crippen molar-refractivity contribution in [1.82, 2.24) is 0 Å². The molecule has 0 saturated carbocycles. The summed E-state index contributed by atoms with van der Waals surface area (Å²) in [5, 5.41) is 18.4. The molecule has 102 valence electrons. The van der Waals surface area contributed by atoms with Crippen LogP contribution < -0.4 is 0 Å². The summed E-state index contributed by atoms with van der Waals surface area (Å²) in [5.74, 6) is -3.80. The van der Waals surface area contributed by atoms with E-state index in [2.05, 4.69) is 0 Å². The van der Waals surface area contributed by atoms with Gasteiger partial charge < -0.3 is 10.2 Å². The average molecular weight is 278 g/mol. The number of benzene rings is 2. The second kappa shape index (κ2) is 5.08. The standard InChI is InChI=1S/C14H8F2O4/c15-13-9(5-17)7(1-3-11(13)19)8-2-4-12(20)14(16)10(8)6-18/h1-6,19-20H. The van der Waals surface area contributed by atoms with Gasteiger partial charge >= 0.3 is 0 Å². The van der Waals surface area contributed by atoms with Crippen LogP contribution in [0.2, 0.25) is 0 Å². The van der Waals surface area contributed by atoms with Gasteiger partial charge in [0.2, 0.25) is 0 Å². The van der Waals surface area contributed by atoms with Crippen molar-refractivity contribution in [2.45, 2.75) is 0 Å². The van der Waals surface area contributed by atoms with Gasteiger partial charge in [0.25, 0.3) is 0 Å². The number of hydrogen-bond donors (Lipinski definition) is 2. The van der Waals surface area contributed by atoms with E-state index in [0.717, 1.165) is 12.1 Å². The van der Waals surface area contributed by atoms with E-state index in [0.29, 0.717) is 0 Å². The van der Waals surface area contributed by atoms with Crippen molar-refractivity contribution in [1.29, 1.82) is 0 Å². The third-order valence-corrected chi connectivity index (χ3v) is 2.84. The smallest absolute Gasteiger partial charge is 0.175 e. The molecule has 0 bridgehead atoms. The van der Waals surface area contributed by atoms with Crippen LogP contribution in [0.25, 0.3) is 11.1 Å². The molecule has 0 saturated heterocycles. The van der Waals surface area contributed by atoms with Crippen molar-refractivity contribution in [2.75, 3.05) is 0 Å². The van der Waals surface area contributed by atoms with Crippen LogP contribution in [0.3, 0.4) is 0 Å². The van der Waals surface area contributed by atoms with Gasteiger partial charge in [-0.15, -0.1) is 0 Å². The fourth-order valence-electron chi connectivity index (χ4n) is 1.86. The monoisotopic (exact) mass is 278 g/mol. The fourth-order valence-corrected chi connectivity index (χ4v) is 1.86. The first-order chi connectivity index (χ1) is 9.51. The summed E-state index contributed by atoms with van der Waals surface area (Å²) in [5.41, 5.74) is -1.12. The zero-order valence-corrected chi connectivity index (χ0v) is 9.93. The number of carbonyl (C=O) groups excluding carboxylic acids is 2. The van der Waals surface area contributed by atoms with E-state index in [1.165, 1.54) is 12.1 Å². The second-order valence-corrected chi connectivity index (χ2v) is 3.96. The lowest BCUT2D eigenvalue weighted by Crippen LogP contribution is -1.98. The minimum atomic E-state index is -1.16. The number of hydrogen-bond acceptors (Lipinski definition) is 4. The molecule has 0 aromatic heterocycles. The maximum Gasteiger partial charge on any atom is 0.175 e. The van der Waals surface area contributed by atoms with E-state index in [9.17, 15) is 28.6 Å². The lowest BCUT2D eigenvalue weighted by molar-refractivity contribution is 0.111. The van der Waals surface area contributed by atoms with Crippen molar-refractivity contribution >= 4 is 12.6 Å². The number of phenols is 2. The average Bonchev–Trinajstić information content (AvgIpc) is 2.44. The number of rotatable bonds is 3. The lowest BCUT2D eigenvalue weighted by atomic mass is 9.95. The molecule has 0 aliphatic heterocycles. The molecular weight excluding hydrogens is 270 g/mol. The molecule has 0 amide bonds. The number of halogens is 2. The maximum atomic E-state index is 13.7. The third-order valence-electron chi connectivity index (χ3n) is 2.84. The Labute approximate surface area is 111 Å². The normalized spacial score (nSPS) is 10.3. The van der Waals surface area contributed by atoms with Crippen molar-refractivity contribution in [3.05, 3.63) is 47.0 Å². The van der Waals surface area contributed by atoms with Gasteiger partial charge in [0, 0.05) is 0 Å². The summed E-state index contributed by atoms with van der Waals surface area (Å²) in [7, 11) is 0. The van der Waals surface area contributed by atoms with E-state index >= 15 is 0 Å². The number of phenolic OH excluding ortho intramolecular Hbond substituents is 2. The van der Waals surface area contributed by atoms with Crippen molar-refractivity contribution in [2.24, 2.45) is 0 Å². The molecule has 6 heteroatoms. The SMILES string of the molecule is O=Cc1c(-c2ccc(O)c(F)c2C=O)ccc(O)c1F. The van der Waals surface area contributed by atoms with Crippen LogP contribution in [-0.2, 0) is 0 Å². The van der Waals surface area contributed by atoms with Gasteiger partial charge in [0.05, 0.1) is 11.1 Å². The van der Waals surface area contributed by atoms with Crippen LogP contribution in [0.1, 0.15) is 20.7 Å². The zero-order chi connectivity index (χ0) is 14.9. The summed E-state index contributed by atoms with van der Waals surface area (Å²) >= 11 is 0. The molecule has 4 nitrogen and oxygen atoms in total. The van der Waals surface area contributed by atoms with Crippen molar-refractivity contribution in [3.8, 4) is 22.6 Å². The highest BCUT2D eigenvalue weighted by atomic mass is 19.1. The topological polar surface area (TPSA) is 74.6 Å². The van der Waals surface area contributed by atoms with E-state index in [4.69, 9.17) is 0 Å². The van der Waals surface area contributed by atoms with Crippen LogP contribution in [0.5, 0.6) is 11.5 Å². The molecule has 20 heavy (non-hydrogen) atoms. The Kier molecular flexibility index (Phi) is 3.47. The first kappa shape index (κ1) is 13.7. The summed E-state index contributed by atoms with van der Waals surface area (Å²) in [6.45, 7) is 0. The van der Waals surface area contributed by atoms with Gasteiger partial charge in [-0.1, -0.05) is 0 Å². The Balaban J connectivity index is 2.82. The largest absolute Gasteiger partial charge is 0.505 e. The van der Waals surface area contributed by atoms with Crippen LogP contribution >= 0.6 is 0 Å². The van der Waals surface area contributed by atoms with Crippen LogP contribution in [0, 0.1) is 11.6 Å². The third kappa shape index (κ3) is 2.01. The minimum Gasteiger partial charge on any atom is -0.505 e. The van der Waals surface area contributed by atoms with Crippen LogP contribution in [0.15, 0.2) is 24.3 Å². The van der Waals surface area contributed by atoms with E-state index in [1.54, 1.807) is 0 Å². The highest BCUT2D eigenvalue weighted by molar-refractivity contribution is 5.95. The second-order valence-electron chi connectivity index (χ2n) is 3.96. The Morgan fingerprint density at radius 2 is 1.10 bits per heavy atom. The van der Waals surface area contributed by atoms with Crippen molar-refractivity contribution < 1.29 is 28.6 Å². The van der Waals surface area contributed by atoms with Crippen LogP contribution in [0.4, 0.5) is 8.78 Å². The first-order valence-corrected chi connectivity index (χ1v) is 5.45.